The third-order valence-electron chi connectivity index (χ3n) is 3.59. The number of thioether (sulfide) groups is 1. The monoisotopic (exact) mass is 313 g/mol. The average molecular weight is 313 g/mol. The summed E-state index contributed by atoms with van der Waals surface area (Å²) in [4.78, 5) is 0.427. The molecule has 0 aliphatic carbocycles. The molecule has 1 aliphatic heterocycles. The molecule has 1 aliphatic rings. The van der Waals surface area contributed by atoms with Crippen molar-refractivity contribution in [1.29, 1.82) is 0 Å². The summed E-state index contributed by atoms with van der Waals surface area (Å²) in [6.07, 6.45) is 2.28. The van der Waals surface area contributed by atoms with E-state index in [-0.39, 0.29) is 11.8 Å². The van der Waals surface area contributed by atoms with Crippen LogP contribution in [0.5, 0.6) is 0 Å². The molecular weight excluding hydrogens is 290 g/mol. The molecule has 0 unspecified atom stereocenters. The number of nitrogens with one attached hydrogen (secondary N) is 1. The van der Waals surface area contributed by atoms with E-state index in [0.717, 1.165) is 18.4 Å². The van der Waals surface area contributed by atoms with E-state index in [1.54, 1.807) is 12.1 Å². The minimum Gasteiger partial charge on any atom is -0.310 e. The van der Waals surface area contributed by atoms with Crippen LogP contribution in [0, 0.1) is 6.92 Å². The van der Waals surface area contributed by atoms with Crippen molar-refractivity contribution < 1.29 is 8.42 Å². The fourth-order valence-corrected chi connectivity index (χ4v) is 5.09. The zero-order valence-electron chi connectivity index (χ0n) is 12.1. The maximum Gasteiger partial charge on any atom is 0.179 e. The van der Waals surface area contributed by atoms with Crippen LogP contribution in [0.4, 0.5) is 0 Å². The van der Waals surface area contributed by atoms with Gasteiger partial charge in [-0.1, -0.05) is 17.7 Å². The lowest BCUT2D eigenvalue weighted by atomic mass is 10.1. The highest BCUT2D eigenvalue weighted by Crippen LogP contribution is 2.18. The minimum absolute atomic E-state index is 0.00518. The fourth-order valence-electron chi connectivity index (χ4n) is 2.49. The second kappa shape index (κ2) is 6.96. The van der Waals surface area contributed by atoms with Gasteiger partial charge in [-0.05, 0) is 50.3 Å². The van der Waals surface area contributed by atoms with Gasteiger partial charge in [-0.3, -0.25) is 0 Å². The zero-order valence-corrected chi connectivity index (χ0v) is 13.8. The van der Waals surface area contributed by atoms with Gasteiger partial charge in [0.25, 0.3) is 0 Å². The molecule has 0 amide bonds. The molecule has 1 saturated heterocycles. The van der Waals surface area contributed by atoms with Gasteiger partial charge in [-0.25, -0.2) is 8.42 Å². The Hall–Kier alpha value is -0.520. The molecular formula is C15H23NO2S2. The topological polar surface area (TPSA) is 46.2 Å². The van der Waals surface area contributed by atoms with Gasteiger partial charge in [0.15, 0.2) is 9.84 Å². The standard InChI is InChI=1S/C15H23NO2S2/c1-12-3-5-15(6-4-12)20(17,18)11-13(2)16-14-7-9-19-10-8-14/h3-6,13-14,16H,7-11H2,1-2H3/t13-/m1/s1. The first-order valence-corrected chi connectivity index (χ1v) is 9.91. The highest BCUT2D eigenvalue weighted by Gasteiger charge is 2.21. The van der Waals surface area contributed by atoms with Crippen molar-refractivity contribution in [2.24, 2.45) is 0 Å². The second-order valence-corrected chi connectivity index (χ2v) is 8.81. The van der Waals surface area contributed by atoms with E-state index in [4.69, 9.17) is 0 Å². The highest BCUT2D eigenvalue weighted by molar-refractivity contribution is 7.99. The molecule has 0 aromatic heterocycles. The van der Waals surface area contributed by atoms with Crippen molar-refractivity contribution in [3.63, 3.8) is 0 Å². The van der Waals surface area contributed by atoms with Gasteiger partial charge in [0.2, 0.25) is 0 Å². The average Bonchev–Trinajstić information content (AvgIpc) is 2.39. The summed E-state index contributed by atoms with van der Waals surface area (Å²) in [6, 6.07) is 7.57. The molecule has 0 saturated carbocycles. The molecule has 112 valence electrons. The number of aryl methyl sites for hydroxylation is 1. The third-order valence-corrected chi connectivity index (χ3v) is 6.57. The van der Waals surface area contributed by atoms with Crippen LogP contribution in [-0.4, -0.2) is 37.8 Å². The Morgan fingerprint density at radius 1 is 1.25 bits per heavy atom. The van der Waals surface area contributed by atoms with Gasteiger partial charge < -0.3 is 5.32 Å². The smallest absolute Gasteiger partial charge is 0.179 e. The molecule has 3 nitrogen and oxygen atoms in total. The first-order valence-electron chi connectivity index (χ1n) is 7.10. The van der Waals surface area contributed by atoms with Crippen LogP contribution in [0.15, 0.2) is 29.2 Å². The van der Waals surface area contributed by atoms with Gasteiger partial charge in [0, 0.05) is 12.1 Å². The molecule has 5 heteroatoms. The predicted octanol–water partition coefficient (Wildman–Crippen LogP) is 2.64. The quantitative estimate of drug-likeness (QED) is 0.908. The lowest BCUT2D eigenvalue weighted by molar-refractivity contribution is 0.438. The van der Waals surface area contributed by atoms with Crippen LogP contribution in [0.25, 0.3) is 0 Å². The molecule has 1 aromatic carbocycles. The third kappa shape index (κ3) is 4.50. The summed E-state index contributed by atoms with van der Waals surface area (Å²) in [7, 11) is -3.19. The molecule has 1 atom stereocenters. The Kier molecular flexibility index (Phi) is 5.52. The predicted molar refractivity (Wildman–Crippen MR) is 86.2 cm³/mol. The Bertz CT molecular complexity index is 519. The van der Waals surface area contributed by atoms with Crippen LogP contribution >= 0.6 is 11.8 Å². The number of hydrogen-bond donors (Lipinski definition) is 1. The largest absolute Gasteiger partial charge is 0.310 e. The minimum atomic E-state index is -3.19. The van der Waals surface area contributed by atoms with E-state index in [1.165, 1.54) is 11.5 Å². The van der Waals surface area contributed by atoms with Gasteiger partial charge in [-0.2, -0.15) is 11.8 Å². The maximum atomic E-state index is 12.4. The first kappa shape index (κ1) is 15.9. The van der Waals surface area contributed by atoms with Gasteiger partial charge in [0.05, 0.1) is 10.6 Å². The number of rotatable bonds is 5. The normalized spacial score (nSPS) is 18.9. The van der Waals surface area contributed by atoms with E-state index in [9.17, 15) is 8.42 Å². The molecule has 20 heavy (non-hydrogen) atoms. The summed E-state index contributed by atoms with van der Waals surface area (Å²) >= 11 is 1.98. The van der Waals surface area contributed by atoms with E-state index < -0.39 is 9.84 Å². The van der Waals surface area contributed by atoms with Crippen molar-refractivity contribution in [2.45, 2.75) is 43.7 Å². The van der Waals surface area contributed by atoms with E-state index in [0.29, 0.717) is 10.9 Å². The van der Waals surface area contributed by atoms with Crippen molar-refractivity contribution in [3.8, 4) is 0 Å². The second-order valence-electron chi connectivity index (χ2n) is 5.55. The summed E-state index contributed by atoms with van der Waals surface area (Å²) < 4.78 is 24.7. The Morgan fingerprint density at radius 2 is 1.85 bits per heavy atom. The first-order chi connectivity index (χ1) is 9.47. The molecule has 2 rings (SSSR count). The molecule has 1 heterocycles. The molecule has 1 N–H and O–H groups in total. The van der Waals surface area contributed by atoms with E-state index in [2.05, 4.69) is 5.32 Å². The van der Waals surface area contributed by atoms with Crippen LogP contribution in [0.3, 0.4) is 0 Å². The van der Waals surface area contributed by atoms with Gasteiger partial charge >= 0.3 is 0 Å². The number of benzene rings is 1. The lowest BCUT2D eigenvalue weighted by Crippen LogP contribution is -2.42. The fraction of sp³-hybridized carbons (Fsp3) is 0.600. The molecule has 0 bridgehead atoms. The van der Waals surface area contributed by atoms with Crippen LogP contribution in [0.2, 0.25) is 0 Å². The summed E-state index contributed by atoms with van der Waals surface area (Å²) in [5.41, 5.74) is 1.08. The van der Waals surface area contributed by atoms with Gasteiger partial charge in [-0.15, -0.1) is 0 Å². The maximum absolute atomic E-state index is 12.4. The molecule has 1 aromatic rings. The molecule has 0 spiro atoms. The van der Waals surface area contributed by atoms with E-state index >= 15 is 0 Å². The SMILES string of the molecule is Cc1ccc(S(=O)(=O)C[C@@H](C)NC2CCSCC2)cc1. The zero-order chi connectivity index (χ0) is 14.6. The molecule has 1 fully saturated rings. The van der Waals surface area contributed by atoms with Crippen molar-refractivity contribution in [3.05, 3.63) is 29.8 Å². The Morgan fingerprint density at radius 3 is 2.45 bits per heavy atom. The number of sulfone groups is 1. The van der Waals surface area contributed by atoms with Crippen LogP contribution < -0.4 is 5.32 Å². The Labute approximate surface area is 126 Å². The van der Waals surface area contributed by atoms with Crippen LogP contribution in [-0.2, 0) is 9.84 Å². The summed E-state index contributed by atoms with van der Waals surface area (Å²) in [6.45, 7) is 3.93. The highest BCUT2D eigenvalue weighted by atomic mass is 32.2. The van der Waals surface area contributed by atoms with Crippen molar-refractivity contribution in [2.75, 3.05) is 17.3 Å². The van der Waals surface area contributed by atoms with Gasteiger partial charge in [0.1, 0.15) is 0 Å². The Balaban J connectivity index is 1.95. The summed E-state index contributed by atoms with van der Waals surface area (Å²) in [5, 5.41) is 3.46. The van der Waals surface area contributed by atoms with Crippen molar-refractivity contribution in [1.82, 2.24) is 5.32 Å². The molecule has 0 radical (unpaired) electrons. The van der Waals surface area contributed by atoms with Crippen molar-refractivity contribution >= 4 is 21.6 Å². The van der Waals surface area contributed by atoms with Crippen LogP contribution in [0.1, 0.15) is 25.3 Å². The lowest BCUT2D eigenvalue weighted by Gasteiger charge is -2.26. The summed E-state index contributed by atoms with van der Waals surface area (Å²) in [5.74, 6) is 2.52. The number of hydrogen-bond acceptors (Lipinski definition) is 4. The van der Waals surface area contributed by atoms with E-state index in [1.807, 2.05) is 37.7 Å².